The van der Waals surface area contributed by atoms with Gasteiger partial charge < -0.3 is 19.0 Å². The van der Waals surface area contributed by atoms with Gasteiger partial charge in [-0.1, -0.05) is 52.5 Å². The van der Waals surface area contributed by atoms with Crippen molar-refractivity contribution in [2.75, 3.05) is 13.2 Å². The topological polar surface area (TPSA) is 69.3 Å². The van der Waals surface area contributed by atoms with Gasteiger partial charge in [-0.25, -0.2) is 9.78 Å². The first-order valence-electron chi connectivity index (χ1n) is 13.5. The minimum atomic E-state index is -0.854. The molecule has 0 atom stereocenters. The van der Waals surface area contributed by atoms with Crippen LogP contribution < -0.4 is 0 Å². The van der Waals surface area contributed by atoms with Gasteiger partial charge in [0.15, 0.2) is 0 Å². The smallest absolute Gasteiger partial charge is 0.345 e. The van der Waals surface area contributed by atoms with Gasteiger partial charge in [0.1, 0.15) is 4.88 Å². The molecule has 0 bridgehead atoms. The van der Waals surface area contributed by atoms with Crippen LogP contribution in [0.1, 0.15) is 81.0 Å². The fraction of sp³-hybridized carbons (Fsp3) is 0.467. The number of carboxylic acid groups (broad SMARTS) is 1. The summed E-state index contributed by atoms with van der Waals surface area (Å²) in [5.41, 5.74) is 5.66. The van der Waals surface area contributed by atoms with Gasteiger partial charge in [0, 0.05) is 43.4 Å². The molecule has 1 aromatic carbocycles. The molecular formula is C30H41N3O3S. The number of imidazole rings is 1. The Morgan fingerprint density at radius 3 is 2.38 bits per heavy atom. The lowest BCUT2D eigenvalue weighted by atomic mass is 10.0. The number of fused-ring (bicyclic) bond motifs is 1. The molecule has 0 saturated heterocycles. The number of aryl methyl sites for hydroxylation is 2. The second kappa shape index (κ2) is 14.7. The van der Waals surface area contributed by atoms with Crippen LogP contribution in [-0.2, 0) is 11.3 Å². The molecule has 0 radical (unpaired) electrons. The van der Waals surface area contributed by atoms with Gasteiger partial charge in [-0.3, -0.25) is 0 Å². The molecule has 7 heteroatoms. The lowest BCUT2D eigenvalue weighted by molar-refractivity contribution is 0.0702. The Hall–Kier alpha value is -2.90. The number of thiophene rings is 1. The van der Waals surface area contributed by atoms with Crippen molar-refractivity contribution in [2.45, 2.75) is 79.2 Å². The average Bonchev–Trinajstić information content (AvgIpc) is 3.62. The van der Waals surface area contributed by atoms with Crippen LogP contribution in [0.4, 0.5) is 0 Å². The predicted molar refractivity (Wildman–Crippen MR) is 154 cm³/mol. The molecule has 6 nitrogen and oxygen atoms in total. The van der Waals surface area contributed by atoms with E-state index in [4.69, 9.17) is 4.74 Å². The fourth-order valence-corrected chi connectivity index (χ4v) is 5.32. The largest absolute Gasteiger partial charge is 0.477 e. The van der Waals surface area contributed by atoms with Crippen molar-refractivity contribution in [2.24, 2.45) is 0 Å². The normalized spacial score (nSPS) is 11.0. The predicted octanol–water partition coefficient (Wildman–Crippen LogP) is 8.36. The van der Waals surface area contributed by atoms with Crippen LogP contribution in [-0.4, -0.2) is 38.4 Å². The number of unbranched alkanes of at least 4 members (excludes halogenated alkanes) is 4. The summed E-state index contributed by atoms with van der Waals surface area (Å²) in [6.07, 6.45) is 13.8. The van der Waals surface area contributed by atoms with Crippen molar-refractivity contribution in [3.05, 3.63) is 59.5 Å². The molecule has 0 fully saturated rings. The molecule has 0 unspecified atom stereocenters. The zero-order valence-electron chi connectivity index (χ0n) is 22.7. The zero-order chi connectivity index (χ0) is 26.6. The maximum Gasteiger partial charge on any atom is 0.345 e. The summed E-state index contributed by atoms with van der Waals surface area (Å²) in [5.74, 6) is -0.854. The van der Waals surface area contributed by atoms with Crippen LogP contribution in [0.5, 0.6) is 0 Å². The van der Waals surface area contributed by atoms with Crippen LogP contribution in [0.2, 0.25) is 0 Å². The highest BCUT2D eigenvalue weighted by molar-refractivity contribution is 7.20. The van der Waals surface area contributed by atoms with Gasteiger partial charge in [0.2, 0.25) is 0 Å². The number of carbonyl (C=O) groups is 1. The standard InChI is InChI=1S/C24H27N3O2S.C6H14O/c1-3-4-5-6-7-11-27-20(14-22-21(27)15-23(30-22)24(28)29)19-9-8-18(13-17(19)2)26-12-10-25-16-26;1-3-5-7-6-4-2/h8-10,12-16H,3-7,11H2,1-2H3,(H,28,29);3-6H2,1-2H3. The molecule has 3 aromatic heterocycles. The molecule has 3 heterocycles. The van der Waals surface area contributed by atoms with Crippen LogP contribution in [0, 0.1) is 6.92 Å². The molecule has 0 aliphatic rings. The SMILES string of the molecule is CCCCCCCn1c(-c2ccc(-n3ccnc3)cc2C)cc2sc(C(=O)O)cc21.CCCOCCC. The Morgan fingerprint density at radius 2 is 1.76 bits per heavy atom. The summed E-state index contributed by atoms with van der Waals surface area (Å²) >= 11 is 1.36. The lowest BCUT2D eigenvalue weighted by Gasteiger charge is -2.14. The highest BCUT2D eigenvalue weighted by atomic mass is 32.1. The number of ether oxygens (including phenoxy) is 1. The summed E-state index contributed by atoms with van der Waals surface area (Å²) in [5, 5.41) is 9.41. The maximum absolute atomic E-state index is 11.5. The third-order valence-electron chi connectivity index (χ3n) is 6.27. The summed E-state index contributed by atoms with van der Waals surface area (Å²) in [4.78, 5) is 16.0. The molecule has 0 saturated carbocycles. The van der Waals surface area contributed by atoms with E-state index in [1.54, 1.807) is 12.5 Å². The Kier molecular flexibility index (Phi) is 11.4. The highest BCUT2D eigenvalue weighted by Crippen LogP contribution is 2.36. The monoisotopic (exact) mass is 523 g/mol. The number of carboxylic acids is 1. The average molecular weight is 524 g/mol. The Bertz CT molecular complexity index is 1240. The van der Waals surface area contributed by atoms with E-state index in [-0.39, 0.29) is 0 Å². The molecular weight excluding hydrogens is 482 g/mol. The van der Waals surface area contributed by atoms with Crippen LogP contribution in [0.25, 0.3) is 27.2 Å². The van der Waals surface area contributed by atoms with E-state index in [2.05, 4.69) is 61.5 Å². The molecule has 4 rings (SSSR count). The number of benzene rings is 1. The second-order valence-corrected chi connectivity index (χ2v) is 10.4. The molecule has 0 amide bonds. The lowest BCUT2D eigenvalue weighted by Crippen LogP contribution is -2.02. The van der Waals surface area contributed by atoms with Crippen molar-refractivity contribution in [1.29, 1.82) is 0 Å². The van der Waals surface area contributed by atoms with Crippen LogP contribution >= 0.6 is 11.3 Å². The number of hydrogen-bond donors (Lipinski definition) is 1. The second-order valence-electron chi connectivity index (χ2n) is 9.34. The quantitative estimate of drug-likeness (QED) is 0.179. The van der Waals surface area contributed by atoms with Crippen LogP contribution in [0.15, 0.2) is 49.1 Å². The molecule has 0 spiro atoms. The van der Waals surface area contributed by atoms with Gasteiger partial charge in [-0.2, -0.15) is 0 Å². The van der Waals surface area contributed by atoms with E-state index in [1.807, 2.05) is 16.8 Å². The molecule has 200 valence electrons. The van der Waals surface area contributed by atoms with Gasteiger partial charge in [-0.05, 0) is 56.0 Å². The third-order valence-corrected chi connectivity index (χ3v) is 7.33. The van der Waals surface area contributed by atoms with Gasteiger partial charge >= 0.3 is 5.97 Å². The maximum atomic E-state index is 11.5. The first kappa shape index (κ1) is 28.7. The minimum absolute atomic E-state index is 0.401. The van der Waals surface area contributed by atoms with Crippen molar-refractivity contribution >= 4 is 27.5 Å². The molecule has 37 heavy (non-hydrogen) atoms. The summed E-state index contributed by atoms with van der Waals surface area (Å²) in [7, 11) is 0. The van der Waals surface area contributed by atoms with E-state index in [0.717, 1.165) is 54.9 Å². The van der Waals surface area contributed by atoms with Crippen molar-refractivity contribution in [3.8, 4) is 16.9 Å². The summed E-state index contributed by atoms with van der Waals surface area (Å²) in [6.45, 7) is 11.3. The first-order chi connectivity index (χ1) is 18.0. The van der Waals surface area contributed by atoms with E-state index in [9.17, 15) is 9.90 Å². The molecule has 4 aromatic rings. The van der Waals surface area contributed by atoms with E-state index >= 15 is 0 Å². The Balaban J connectivity index is 0.000000479. The highest BCUT2D eigenvalue weighted by Gasteiger charge is 2.17. The van der Waals surface area contributed by atoms with E-state index in [0.29, 0.717) is 4.88 Å². The third kappa shape index (κ3) is 7.79. The van der Waals surface area contributed by atoms with Gasteiger partial charge in [-0.15, -0.1) is 11.3 Å². The van der Waals surface area contributed by atoms with Gasteiger partial charge in [0.05, 0.1) is 22.2 Å². The van der Waals surface area contributed by atoms with Crippen molar-refractivity contribution in [3.63, 3.8) is 0 Å². The van der Waals surface area contributed by atoms with Crippen molar-refractivity contribution in [1.82, 2.24) is 14.1 Å². The molecule has 0 aliphatic heterocycles. The number of nitrogens with zero attached hydrogens (tertiary/aromatic N) is 3. The number of rotatable bonds is 13. The summed E-state index contributed by atoms with van der Waals surface area (Å²) in [6, 6.07) is 10.4. The fourth-order valence-electron chi connectivity index (χ4n) is 4.38. The molecule has 1 N–H and O–H groups in total. The Morgan fingerprint density at radius 1 is 1.00 bits per heavy atom. The Labute approximate surface area is 224 Å². The van der Waals surface area contributed by atoms with Crippen molar-refractivity contribution < 1.29 is 14.6 Å². The van der Waals surface area contributed by atoms with E-state index in [1.165, 1.54) is 53.8 Å². The van der Waals surface area contributed by atoms with E-state index < -0.39 is 5.97 Å². The number of aromatic nitrogens is 3. The minimum Gasteiger partial charge on any atom is -0.477 e. The first-order valence-corrected chi connectivity index (χ1v) is 14.3. The number of aromatic carboxylic acids is 1. The van der Waals surface area contributed by atoms with Crippen LogP contribution in [0.3, 0.4) is 0 Å². The van der Waals surface area contributed by atoms with Gasteiger partial charge in [0.25, 0.3) is 0 Å². The zero-order valence-corrected chi connectivity index (χ0v) is 23.5. The number of hydrogen-bond acceptors (Lipinski definition) is 4. The summed E-state index contributed by atoms with van der Waals surface area (Å²) < 4.78 is 10.5. The molecule has 0 aliphatic carbocycles.